The van der Waals surface area contributed by atoms with Gasteiger partial charge in [-0.3, -0.25) is 14.3 Å². The molecular weight excluding hydrogens is 429 g/mol. The van der Waals surface area contributed by atoms with E-state index in [1.807, 2.05) is 0 Å². The fourth-order valence-electron chi connectivity index (χ4n) is 4.64. The molecule has 0 bridgehead atoms. The highest BCUT2D eigenvalue weighted by Gasteiger charge is 2.70. The number of nitrogens with zero attached hydrogens (tertiary/aromatic N) is 4. The highest BCUT2D eigenvalue weighted by Crippen LogP contribution is 2.46. The third-order valence-electron chi connectivity index (χ3n) is 6.28. The SMILES string of the molecule is C=C(O)C[C@@H]1CC[C@H](NC(=O)[C@@H]2N3C(=O)C[C@H]3S(=O)(=O)[C@@]2(C)Cn2ccnn2)B(O)O1. The Bertz CT molecular complexity index is 1000. The van der Waals surface area contributed by atoms with Gasteiger partial charge in [0, 0.05) is 18.7 Å². The third kappa shape index (κ3) is 3.51. The molecule has 0 unspecified atom stereocenters. The van der Waals surface area contributed by atoms with Crippen molar-refractivity contribution in [2.75, 3.05) is 0 Å². The van der Waals surface area contributed by atoms with E-state index < -0.39 is 57.0 Å². The molecule has 1 aromatic heterocycles. The first-order chi connectivity index (χ1) is 14.5. The molecule has 4 heterocycles. The highest BCUT2D eigenvalue weighted by molar-refractivity contribution is 7.93. The van der Waals surface area contributed by atoms with Crippen LogP contribution in [0.4, 0.5) is 0 Å². The van der Waals surface area contributed by atoms with Crippen molar-refractivity contribution in [1.82, 2.24) is 25.2 Å². The molecule has 1 aromatic rings. The molecule has 2 amide bonds. The lowest BCUT2D eigenvalue weighted by Crippen LogP contribution is -2.63. The number of carbonyl (C=O) groups is 2. The number of amides is 2. The van der Waals surface area contributed by atoms with Crippen molar-refractivity contribution in [3.8, 4) is 0 Å². The second-order valence-corrected chi connectivity index (χ2v) is 11.0. The van der Waals surface area contributed by atoms with Crippen LogP contribution in [0.2, 0.25) is 0 Å². The van der Waals surface area contributed by atoms with Gasteiger partial charge in [-0.25, -0.2) is 8.42 Å². The summed E-state index contributed by atoms with van der Waals surface area (Å²) in [5.74, 6) is -1.95. The molecule has 4 rings (SSSR count). The zero-order chi connectivity index (χ0) is 22.6. The Balaban J connectivity index is 1.55. The van der Waals surface area contributed by atoms with Gasteiger partial charge in [0.2, 0.25) is 11.8 Å². The number of sulfone groups is 1. The fourth-order valence-corrected chi connectivity index (χ4v) is 7.00. The van der Waals surface area contributed by atoms with Crippen molar-refractivity contribution >= 4 is 28.8 Å². The number of aliphatic hydroxyl groups excluding tert-OH is 1. The smallest absolute Gasteiger partial charge is 0.478 e. The standard InChI is InChI=1S/C17H24BN5O7S/c1-10(24)7-11-3-4-12(18(27)30-11)20-16(26)15-17(2,9-22-6-5-19-21-22)31(28,29)14-8-13(25)23(14)15/h5-6,11-12,14-15,24,27H,1,3-4,7-9H2,2H3,(H,20,26)/t11-,12-,14+,15-,17-/m0/s1. The van der Waals surface area contributed by atoms with Gasteiger partial charge in [0.25, 0.3) is 0 Å². The van der Waals surface area contributed by atoms with Crippen molar-refractivity contribution in [3.63, 3.8) is 0 Å². The van der Waals surface area contributed by atoms with Crippen LogP contribution >= 0.6 is 0 Å². The number of nitrogens with one attached hydrogen (secondary N) is 1. The molecular formula is C17H24BN5O7S. The molecule has 3 N–H and O–H groups in total. The van der Waals surface area contributed by atoms with Gasteiger partial charge in [0.1, 0.15) is 16.2 Å². The second kappa shape index (κ2) is 7.60. The van der Waals surface area contributed by atoms with Crippen molar-refractivity contribution in [1.29, 1.82) is 0 Å². The zero-order valence-corrected chi connectivity index (χ0v) is 17.7. The third-order valence-corrected chi connectivity index (χ3v) is 9.04. The summed E-state index contributed by atoms with van der Waals surface area (Å²) in [4.78, 5) is 26.6. The highest BCUT2D eigenvalue weighted by atomic mass is 32.2. The number of aromatic nitrogens is 3. The van der Waals surface area contributed by atoms with Gasteiger partial charge in [-0.15, -0.1) is 5.10 Å². The minimum Gasteiger partial charge on any atom is -0.513 e. The maximum absolute atomic E-state index is 13.3. The number of rotatable bonds is 6. The monoisotopic (exact) mass is 453 g/mol. The first kappa shape index (κ1) is 21.8. The summed E-state index contributed by atoms with van der Waals surface area (Å²) in [7, 11) is -5.23. The quantitative estimate of drug-likeness (QED) is 0.265. The van der Waals surface area contributed by atoms with Crippen LogP contribution in [-0.4, -0.2) is 85.6 Å². The molecule has 3 fully saturated rings. The van der Waals surface area contributed by atoms with Crippen LogP contribution < -0.4 is 5.32 Å². The van der Waals surface area contributed by atoms with E-state index in [4.69, 9.17) is 4.65 Å². The molecule has 12 nitrogen and oxygen atoms in total. The Morgan fingerprint density at radius 2 is 2.23 bits per heavy atom. The minimum absolute atomic E-state index is 0.0675. The van der Waals surface area contributed by atoms with Gasteiger partial charge in [-0.1, -0.05) is 11.8 Å². The van der Waals surface area contributed by atoms with E-state index in [1.165, 1.54) is 24.0 Å². The Morgan fingerprint density at radius 1 is 1.48 bits per heavy atom. The van der Waals surface area contributed by atoms with Crippen LogP contribution in [0.15, 0.2) is 24.7 Å². The topological polar surface area (TPSA) is 164 Å². The minimum atomic E-state index is -3.88. The van der Waals surface area contributed by atoms with Crippen LogP contribution in [0, 0.1) is 0 Å². The van der Waals surface area contributed by atoms with E-state index in [0.717, 1.165) is 4.90 Å². The molecule has 31 heavy (non-hydrogen) atoms. The molecule has 3 aliphatic heterocycles. The Labute approximate surface area is 179 Å². The van der Waals surface area contributed by atoms with Gasteiger partial charge in [-0.2, -0.15) is 0 Å². The van der Waals surface area contributed by atoms with Crippen LogP contribution in [0.5, 0.6) is 0 Å². The van der Waals surface area contributed by atoms with Crippen LogP contribution in [0.1, 0.15) is 32.6 Å². The van der Waals surface area contributed by atoms with Crippen molar-refractivity contribution in [2.45, 2.75) is 67.4 Å². The van der Waals surface area contributed by atoms with E-state index in [-0.39, 0.29) is 25.1 Å². The molecule has 0 spiro atoms. The molecule has 0 aliphatic carbocycles. The molecule has 14 heteroatoms. The first-order valence-electron chi connectivity index (χ1n) is 9.94. The van der Waals surface area contributed by atoms with E-state index in [0.29, 0.717) is 12.8 Å². The maximum atomic E-state index is 13.3. The lowest BCUT2D eigenvalue weighted by atomic mass is 9.72. The average Bonchev–Trinajstić information content (AvgIpc) is 3.21. The van der Waals surface area contributed by atoms with Crippen LogP contribution in [0.25, 0.3) is 0 Å². The summed E-state index contributed by atoms with van der Waals surface area (Å²) >= 11 is 0. The largest absolute Gasteiger partial charge is 0.513 e. The van der Waals surface area contributed by atoms with E-state index in [2.05, 4.69) is 22.2 Å². The fraction of sp³-hybridized carbons (Fsp3) is 0.647. The number of β-lactam (4-membered cyclic amide) rings is 1. The Kier molecular flexibility index (Phi) is 5.34. The number of hydrogen-bond acceptors (Lipinski definition) is 9. The van der Waals surface area contributed by atoms with Gasteiger partial charge >= 0.3 is 7.12 Å². The molecule has 3 aliphatic rings. The lowest BCUT2D eigenvalue weighted by Gasteiger charge is -2.38. The summed E-state index contributed by atoms with van der Waals surface area (Å²) < 4.78 is 31.6. The van der Waals surface area contributed by atoms with Gasteiger partial charge in [0.15, 0.2) is 9.84 Å². The van der Waals surface area contributed by atoms with Crippen LogP contribution in [0.3, 0.4) is 0 Å². The lowest BCUT2D eigenvalue weighted by molar-refractivity contribution is -0.150. The Morgan fingerprint density at radius 3 is 2.81 bits per heavy atom. The van der Waals surface area contributed by atoms with Crippen molar-refractivity contribution < 1.29 is 32.8 Å². The molecule has 0 aromatic carbocycles. The van der Waals surface area contributed by atoms with Gasteiger partial charge in [-0.05, 0) is 19.8 Å². The number of fused-ring (bicyclic) bond motifs is 1. The average molecular weight is 453 g/mol. The van der Waals surface area contributed by atoms with Gasteiger partial charge < -0.3 is 25.0 Å². The second-order valence-electron chi connectivity index (χ2n) is 8.43. The van der Waals surface area contributed by atoms with Gasteiger partial charge in [0.05, 0.1) is 30.9 Å². The molecule has 5 atom stereocenters. The molecule has 0 radical (unpaired) electrons. The summed E-state index contributed by atoms with van der Waals surface area (Å²) in [6.45, 7) is 4.67. The summed E-state index contributed by atoms with van der Waals surface area (Å²) in [6, 6.07) is -1.28. The van der Waals surface area contributed by atoms with Crippen LogP contribution in [-0.2, 0) is 30.6 Å². The van der Waals surface area contributed by atoms with E-state index in [1.54, 1.807) is 0 Å². The first-order valence-corrected chi connectivity index (χ1v) is 11.5. The summed E-state index contributed by atoms with van der Waals surface area (Å²) in [6.07, 6.45) is 3.24. The van der Waals surface area contributed by atoms with Crippen molar-refractivity contribution in [2.24, 2.45) is 0 Å². The number of carbonyl (C=O) groups excluding carboxylic acids is 2. The van der Waals surface area contributed by atoms with E-state index >= 15 is 0 Å². The molecule has 0 saturated carbocycles. The number of aliphatic hydroxyl groups is 1. The predicted molar refractivity (Wildman–Crippen MR) is 107 cm³/mol. The maximum Gasteiger partial charge on any atom is 0.478 e. The zero-order valence-electron chi connectivity index (χ0n) is 16.9. The van der Waals surface area contributed by atoms with E-state index in [9.17, 15) is 28.1 Å². The summed E-state index contributed by atoms with van der Waals surface area (Å²) in [5, 5.41) is 28.7. The number of hydrogen-bond donors (Lipinski definition) is 3. The van der Waals surface area contributed by atoms with Crippen molar-refractivity contribution in [3.05, 3.63) is 24.7 Å². The Hall–Kier alpha value is -2.45. The summed E-state index contributed by atoms with van der Waals surface area (Å²) in [5.41, 5.74) is 0. The molecule has 3 saturated heterocycles. The normalized spacial score (nSPS) is 34.2. The predicted octanol–water partition coefficient (Wildman–Crippen LogP) is -1.46. The molecule has 168 valence electrons.